The molecular weight excluding hydrogens is 282 g/mol. The number of carboxylic acids is 1. The van der Waals surface area contributed by atoms with Crippen molar-refractivity contribution in [1.29, 1.82) is 0 Å². The molecule has 1 saturated heterocycles. The van der Waals surface area contributed by atoms with Crippen LogP contribution in [0.4, 0.5) is 0 Å². The number of benzene rings is 1. The van der Waals surface area contributed by atoms with Crippen LogP contribution in [0.2, 0.25) is 0 Å². The van der Waals surface area contributed by atoms with E-state index in [-0.39, 0.29) is 23.2 Å². The molecule has 0 saturated carbocycles. The SMILES string of the molecule is O=C(O)CC1SC(=NN=Cc2ccc(O)cc2)NC1=O. The van der Waals surface area contributed by atoms with Gasteiger partial charge < -0.3 is 15.5 Å². The van der Waals surface area contributed by atoms with E-state index in [2.05, 4.69) is 15.5 Å². The van der Waals surface area contributed by atoms with E-state index in [1.807, 2.05) is 0 Å². The molecule has 2 rings (SSSR count). The molecule has 1 aliphatic heterocycles. The second-order valence-corrected chi connectivity index (χ2v) is 5.13. The number of carboxylic acid groups (broad SMARTS) is 1. The van der Waals surface area contributed by atoms with Crippen molar-refractivity contribution in [3.8, 4) is 5.75 Å². The minimum absolute atomic E-state index is 0.156. The van der Waals surface area contributed by atoms with Gasteiger partial charge in [0.2, 0.25) is 5.91 Å². The zero-order valence-electron chi connectivity index (χ0n) is 10.2. The third kappa shape index (κ3) is 3.82. The lowest BCUT2D eigenvalue weighted by Crippen LogP contribution is -2.26. The predicted molar refractivity (Wildman–Crippen MR) is 74.9 cm³/mol. The van der Waals surface area contributed by atoms with E-state index >= 15 is 0 Å². The van der Waals surface area contributed by atoms with Crippen molar-refractivity contribution in [2.75, 3.05) is 0 Å². The first-order chi connectivity index (χ1) is 9.54. The van der Waals surface area contributed by atoms with E-state index in [9.17, 15) is 9.59 Å². The average molecular weight is 293 g/mol. The van der Waals surface area contributed by atoms with Crippen LogP contribution in [0, 0.1) is 0 Å². The molecule has 7 nitrogen and oxygen atoms in total. The summed E-state index contributed by atoms with van der Waals surface area (Å²) in [5.74, 6) is -1.26. The highest BCUT2D eigenvalue weighted by molar-refractivity contribution is 8.15. The Morgan fingerprint density at radius 2 is 2.10 bits per heavy atom. The van der Waals surface area contributed by atoms with Gasteiger partial charge in [0.05, 0.1) is 12.6 Å². The normalized spacial score (nSPS) is 20.5. The largest absolute Gasteiger partial charge is 0.508 e. The molecule has 1 aliphatic rings. The number of thioether (sulfide) groups is 1. The number of hydrogen-bond acceptors (Lipinski definition) is 6. The van der Waals surface area contributed by atoms with Gasteiger partial charge in [0, 0.05) is 0 Å². The van der Waals surface area contributed by atoms with Crippen LogP contribution in [-0.2, 0) is 9.59 Å². The fraction of sp³-hybridized carbons (Fsp3) is 0.167. The Bertz CT molecular complexity index is 583. The molecule has 0 radical (unpaired) electrons. The number of phenols is 1. The summed E-state index contributed by atoms with van der Waals surface area (Å²) in [6.45, 7) is 0. The van der Waals surface area contributed by atoms with Crippen LogP contribution < -0.4 is 5.32 Å². The molecule has 1 heterocycles. The van der Waals surface area contributed by atoms with E-state index in [1.54, 1.807) is 12.1 Å². The van der Waals surface area contributed by atoms with Gasteiger partial charge in [-0.1, -0.05) is 11.8 Å². The second-order valence-electron chi connectivity index (χ2n) is 3.93. The molecule has 1 aromatic carbocycles. The molecule has 20 heavy (non-hydrogen) atoms. The number of phenolic OH excluding ortho intramolecular Hbond substituents is 1. The summed E-state index contributed by atoms with van der Waals surface area (Å²) in [4.78, 5) is 22.0. The Kier molecular flexibility index (Phi) is 4.36. The molecule has 1 fully saturated rings. The number of nitrogens with one attached hydrogen (secondary N) is 1. The quantitative estimate of drug-likeness (QED) is 0.561. The lowest BCUT2D eigenvalue weighted by Gasteiger charge is -1.97. The van der Waals surface area contributed by atoms with Crippen LogP contribution in [-0.4, -0.2) is 38.7 Å². The lowest BCUT2D eigenvalue weighted by molar-refractivity contribution is -0.138. The predicted octanol–water partition coefficient (Wildman–Crippen LogP) is 0.788. The molecule has 8 heteroatoms. The summed E-state index contributed by atoms with van der Waals surface area (Å²) in [5, 5.41) is 27.4. The average Bonchev–Trinajstić information content (AvgIpc) is 2.72. The van der Waals surface area contributed by atoms with Gasteiger partial charge in [-0.15, -0.1) is 5.10 Å². The van der Waals surface area contributed by atoms with Crippen LogP contribution in [0.15, 0.2) is 34.5 Å². The topological polar surface area (TPSA) is 111 Å². The van der Waals surface area contributed by atoms with Crippen molar-refractivity contribution in [1.82, 2.24) is 5.32 Å². The summed E-state index contributed by atoms with van der Waals surface area (Å²) in [6, 6.07) is 6.35. The van der Waals surface area contributed by atoms with Crippen LogP contribution in [0.5, 0.6) is 5.75 Å². The smallest absolute Gasteiger partial charge is 0.305 e. The molecule has 104 valence electrons. The number of carbonyl (C=O) groups is 2. The Hall–Kier alpha value is -2.35. The third-order valence-electron chi connectivity index (χ3n) is 2.38. The molecule has 3 N–H and O–H groups in total. The molecule has 0 aromatic heterocycles. The highest BCUT2D eigenvalue weighted by Gasteiger charge is 2.32. The van der Waals surface area contributed by atoms with Gasteiger partial charge in [0.15, 0.2) is 5.17 Å². The molecule has 1 atom stereocenters. The van der Waals surface area contributed by atoms with Gasteiger partial charge in [-0.2, -0.15) is 5.10 Å². The van der Waals surface area contributed by atoms with Crippen molar-refractivity contribution in [3.05, 3.63) is 29.8 Å². The minimum Gasteiger partial charge on any atom is -0.508 e. The molecule has 1 aromatic rings. The van der Waals surface area contributed by atoms with Crippen molar-refractivity contribution in [2.24, 2.45) is 10.2 Å². The summed E-state index contributed by atoms with van der Waals surface area (Å²) in [6.07, 6.45) is 1.21. The number of aliphatic carboxylic acids is 1. The maximum Gasteiger partial charge on any atom is 0.305 e. The van der Waals surface area contributed by atoms with E-state index in [0.717, 1.165) is 17.3 Å². The lowest BCUT2D eigenvalue weighted by atomic mass is 10.2. The van der Waals surface area contributed by atoms with Crippen molar-refractivity contribution in [2.45, 2.75) is 11.7 Å². The summed E-state index contributed by atoms with van der Waals surface area (Å²) in [5.41, 5.74) is 0.739. The van der Waals surface area contributed by atoms with Gasteiger partial charge in [-0.25, -0.2) is 0 Å². The molecule has 1 unspecified atom stereocenters. The maximum absolute atomic E-state index is 11.4. The number of hydrogen-bond donors (Lipinski definition) is 3. The molecule has 1 amide bonds. The first kappa shape index (κ1) is 14.1. The number of aromatic hydroxyl groups is 1. The number of amides is 1. The monoisotopic (exact) mass is 293 g/mol. The summed E-state index contributed by atoms with van der Waals surface area (Å²) in [7, 11) is 0. The molecule has 0 bridgehead atoms. The number of rotatable bonds is 4. The molecular formula is C12H11N3O4S. The van der Waals surface area contributed by atoms with E-state index in [0.29, 0.717) is 0 Å². The second kappa shape index (κ2) is 6.20. The van der Waals surface area contributed by atoms with Crippen molar-refractivity contribution >= 4 is 35.0 Å². The van der Waals surface area contributed by atoms with Crippen molar-refractivity contribution < 1.29 is 19.8 Å². The Balaban J connectivity index is 1.97. The zero-order chi connectivity index (χ0) is 14.5. The highest BCUT2D eigenvalue weighted by Crippen LogP contribution is 2.22. The summed E-state index contributed by atoms with van der Waals surface area (Å²) >= 11 is 1.04. The van der Waals surface area contributed by atoms with E-state index in [1.165, 1.54) is 18.3 Å². The fourth-order valence-corrected chi connectivity index (χ4v) is 2.37. The van der Waals surface area contributed by atoms with E-state index in [4.69, 9.17) is 10.2 Å². The van der Waals surface area contributed by atoms with Crippen LogP contribution in [0.1, 0.15) is 12.0 Å². The standard InChI is InChI=1S/C12H11N3O4S/c16-8-3-1-7(2-4-8)6-13-15-12-14-11(19)9(20-12)5-10(17)18/h1-4,6,9,16H,5H2,(H,17,18)(H,14,15,19). The van der Waals surface area contributed by atoms with Crippen molar-refractivity contribution in [3.63, 3.8) is 0 Å². The van der Waals surface area contributed by atoms with Crippen LogP contribution in [0.25, 0.3) is 0 Å². The first-order valence-corrected chi connectivity index (χ1v) is 6.52. The van der Waals surface area contributed by atoms with Gasteiger partial charge >= 0.3 is 5.97 Å². The van der Waals surface area contributed by atoms with Crippen LogP contribution >= 0.6 is 11.8 Å². The Morgan fingerprint density at radius 1 is 1.40 bits per heavy atom. The Labute approximate surface area is 118 Å². The zero-order valence-corrected chi connectivity index (χ0v) is 11.0. The van der Waals surface area contributed by atoms with Gasteiger partial charge in [0.1, 0.15) is 11.0 Å². The number of nitrogens with zero attached hydrogens (tertiary/aromatic N) is 2. The minimum atomic E-state index is -1.04. The Morgan fingerprint density at radius 3 is 2.75 bits per heavy atom. The first-order valence-electron chi connectivity index (χ1n) is 5.64. The molecule has 0 spiro atoms. The van der Waals surface area contributed by atoms with E-state index < -0.39 is 11.2 Å². The third-order valence-corrected chi connectivity index (χ3v) is 3.46. The fourth-order valence-electron chi connectivity index (χ4n) is 1.45. The van der Waals surface area contributed by atoms with Gasteiger partial charge in [-0.3, -0.25) is 9.59 Å². The summed E-state index contributed by atoms with van der Waals surface area (Å²) < 4.78 is 0. The highest BCUT2D eigenvalue weighted by atomic mass is 32.2. The maximum atomic E-state index is 11.4. The number of carbonyl (C=O) groups excluding carboxylic acids is 1. The molecule has 0 aliphatic carbocycles. The van der Waals surface area contributed by atoms with Crippen LogP contribution in [0.3, 0.4) is 0 Å². The van der Waals surface area contributed by atoms with Gasteiger partial charge in [-0.05, 0) is 29.8 Å². The number of amidine groups is 1. The van der Waals surface area contributed by atoms with Gasteiger partial charge in [0.25, 0.3) is 0 Å².